The Morgan fingerprint density at radius 1 is 1.00 bits per heavy atom. The summed E-state index contributed by atoms with van der Waals surface area (Å²) in [6.07, 6.45) is 7.23. The number of piperazine rings is 1. The summed E-state index contributed by atoms with van der Waals surface area (Å²) < 4.78 is 0. The lowest BCUT2D eigenvalue weighted by Gasteiger charge is -2.31. The van der Waals surface area contributed by atoms with Crippen molar-refractivity contribution in [2.24, 2.45) is 0 Å². The Balaban J connectivity index is 1.59. The fourth-order valence-corrected chi connectivity index (χ4v) is 3.44. The zero-order chi connectivity index (χ0) is 18.6. The summed E-state index contributed by atoms with van der Waals surface area (Å²) >= 11 is 0. The first kappa shape index (κ1) is 17.4. The van der Waals surface area contributed by atoms with Gasteiger partial charge in [-0.1, -0.05) is 36.4 Å². The van der Waals surface area contributed by atoms with Crippen molar-refractivity contribution in [1.82, 2.24) is 14.8 Å². The predicted octanol–water partition coefficient (Wildman–Crippen LogP) is 3.69. The standard InChI is InChI=1S/C23H23N3O/c1-25-12-14-26(15-13-25)23(27)9-8-19-10-11-24-17-22(19)21-7-6-18-4-2-3-5-20(18)16-21/h2-11,16-17H,12-15H2,1H3/b9-8+. The van der Waals surface area contributed by atoms with E-state index in [1.807, 2.05) is 35.4 Å². The normalized spacial score (nSPS) is 15.5. The van der Waals surface area contributed by atoms with Gasteiger partial charge in [0.1, 0.15) is 0 Å². The van der Waals surface area contributed by atoms with Gasteiger partial charge in [0.2, 0.25) is 5.91 Å². The SMILES string of the molecule is CN1CCN(C(=O)/C=C/c2ccncc2-c2ccc3ccccc3c2)CC1. The molecule has 4 rings (SSSR count). The molecule has 0 unspecified atom stereocenters. The van der Waals surface area contributed by atoms with Crippen molar-refractivity contribution in [3.8, 4) is 11.1 Å². The number of amides is 1. The summed E-state index contributed by atoms with van der Waals surface area (Å²) in [5.41, 5.74) is 3.14. The van der Waals surface area contributed by atoms with Gasteiger partial charge in [-0.25, -0.2) is 0 Å². The minimum atomic E-state index is 0.0735. The molecule has 1 aliphatic heterocycles. The van der Waals surface area contributed by atoms with Gasteiger partial charge in [-0.3, -0.25) is 9.78 Å². The quantitative estimate of drug-likeness (QED) is 0.671. The van der Waals surface area contributed by atoms with E-state index in [0.29, 0.717) is 0 Å². The molecule has 1 aromatic heterocycles. The van der Waals surface area contributed by atoms with Crippen LogP contribution in [-0.2, 0) is 4.79 Å². The Bertz CT molecular complexity index is 988. The molecule has 27 heavy (non-hydrogen) atoms. The highest BCUT2D eigenvalue weighted by Crippen LogP contribution is 2.27. The van der Waals surface area contributed by atoms with Crippen LogP contribution in [0, 0.1) is 0 Å². The fourth-order valence-electron chi connectivity index (χ4n) is 3.44. The monoisotopic (exact) mass is 357 g/mol. The second-order valence-electron chi connectivity index (χ2n) is 6.99. The van der Waals surface area contributed by atoms with Crippen molar-refractivity contribution in [3.63, 3.8) is 0 Å². The average molecular weight is 357 g/mol. The number of nitrogens with zero attached hydrogens (tertiary/aromatic N) is 3. The number of benzene rings is 2. The van der Waals surface area contributed by atoms with Crippen molar-refractivity contribution in [1.29, 1.82) is 0 Å². The molecule has 2 heterocycles. The number of hydrogen-bond acceptors (Lipinski definition) is 3. The van der Waals surface area contributed by atoms with Gasteiger partial charge in [0.15, 0.2) is 0 Å². The van der Waals surface area contributed by atoms with E-state index < -0.39 is 0 Å². The molecule has 0 N–H and O–H groups in total. The highest BCUT2D eigenvalue weighted by Gasteiger charge is 2.16. The van der Waals surface area contributed by atoms with Gasteiger partial charge in [-0.05, 0) is 47.2 Å². The molecule has 0 bridgehead atoms. The molecule has 0 saturated carbocycles. The molecule has 4 nitrogen and oxygen atoms in total. The first-order valence-electron chi connectivity index (χ1n) is 9.29. The van der Waals surface area contributed by atoms with E-state index in [9.17, 15) is 4.79 Å². The lowest BCUT2D eigenvalue weighted by Crippen LogP contribution is -2.46. The largest absolute Gasteiger partial charge is 0.337 e. The molecule has 3 aromatic rings. The van der Waals surface area contributed by atoms with Crippen molar-refractivity contribution >= 4 is 22.8 Å². The summed E-state index contributed by atoms with van der Waals surface area (Å²) in [6, 6.07) is 16.7. The summed E-state index contributed by atoms with van der Waals surface area (Å²) in [6.45, 7) is 3.43. The Kier molecular flexibility index (Phi) is 4.99. The molecular weight excluding hydrogens is 334 g/mol. The highest BCUT2D eigenvalue weighted by atomic mass is 16.2. The summed E-state index contributed by atoms with van der Waals surface area (Å²) in [4.78, 5) is 21.0. The van der Waals surface area contributed by atoms with Crippen LogP contribution in [0.3, 0.4) is 0 Å². The van der Waals surface area contributed by atoms with Crippen LogP contribution < -0.4 is 0 Å². The predicted molar refractivity (Wildman–Crippen MR) is 110 cm³/mol. The van der Waals surface area contributed by atoms with E-state index in [1.54, 1.807) is 12.3 Å². The van der Waals surface area contributed by atoms with Crippen LogP contribution in [0.15, 0.2) is 67.0 Å². The summed E-state index contributed by atoms with van der Waals surface area (Å²) in [7, 11) is 2.09. The molecule has 0 spiro atoms. The first-order chi connectivity index (χ1) is 13.2. The maximum atomic E-state index is 12.5. The molecule has 2 aromatic carbocycles. The van der Waals surface area contributed by atoms with Crippen molar-refractivity contribution < 1.29 is 4.79 Å². The smallest absolute Gasteiger partial charge is 0.246 e. The third-order valence-corrected chi connectivity index (χ3v) is 5.14. The fraction of sp³-hybridized carbons (Fsp3) is 0.217. The maximum absolute atomic E-state index is 12.5. The van der Waals surface area contributed by atoms with Crippen LogP contribution in [0.5, 0.6) is 0 Å². The minimum absolute atomic E-state index is 0.0735. The van der Waals surface area contributed by atoms with Crippen molar-refractivity contribution in [3.05, 3.63) is 72.6 Å². The third kappa shape index (κ3) is 3.91. The molecule has 1 fully saturated rings. The molecule has 1 saturated heterocycles. The zero-order valence-electron chi connectivity index (χ0n) is 15.5. The second kappa shape index (κ2) is 7.72. The molecule has 4 heteroatoms. The second-order valence-corrected chi connectivity index (χ2v) is 6.99. The number of fused-ring (bicyclic) bond motifs is 1. The molecule has 1 amide bonds. The van der Waals surface area contributed by atoms with E-state index >= 15 is 0 Å². The number of likely N-dealkylation sites (N-methyl/N-ethyl adjacent to an activating group) is 1. The number of rotatable bonds is 3. The van der Waals surface area contributed by atoms with Crippen LogP contribution in [-0.4, -0.2) is 53.9 Å². The first-order valence-corrected chi connectivity index (χ1v) is 9.29. The van der Waals surface area contributed by atoms with Crippen molar-refractivity contribution in [2.45, 2.75) is 0 Å². The number of hydrogen-bond donors (Lipinski definition) is 0. The van der Waals surface area contributed by atoms with E-state index in [2.05, 4.69) is 47.3 Å². The zero-order valence-corrected chi connectivity index (χ0v) is 15.5. The van der Waals surface area contributed by atoms with Gasteiger partial charge in [0.25, 0.3) is 0 Å². The van der Waals surface area contributed by atoms with E-state index in [1.165, 1.54) is 10.8 Å². The van der Waals surface area contributed by atoms with Crippen molar-refractivity contribution in [2.75, 3.05) is 33.2 Å². The number of pyridine rings is 1. The Hall–Kier alpha value is -2.98. The van der Waals surface area contributed by atoms with Gasteiger partial charge < -0.3 is 9.80 Å². The number of carbonyl (C=O) groups is 1. The minimum Gasteiger partial charge on any atom is -0.337 e. The van der Waals surface area contributed by atoms with Crippen LogP contribution in [0.2, 0.25) is 0 Å². The van der Waals surface area contributed by atoms with Crippen LogP contribution >= 0.6 is 0 Å². The Labute approximate surface area is 159 Å². The van der Waals surface area contributed by atoms with Gasteiger partial charge in [0, 0.05) is 50.2 Å². The summed E-state index contributed by atoms with van der Waals surface area (Å²) in [5.74, 6) is 0.0735. The number of aromatic nitrogens is 1. The van der Waals surface area contributed by atoms with E-state index in [4.69, 9.17) is 0 Å². The lowest BCUT2D eigenvalue weighted by atomic mass is 9.98. The van der Waals surface area contributed by atoms with Gasteiger partial charge in [-0.2, -0.15) is 0 Å². The van der Waals surface area contributed by atoms with Crippen LogP contribution in [0.1, 0.15) is 5.56 Å². The molecule has 0 atom stereocenters. The van der Waals surface area contributed by atoms with Gasteiger partial charge >= 0.3 is 0 Å². The highest BCUT2D eigenvalue weighted by molar-refractivity contribution is 5.94. The average Bonchev–Trinajstić information content (AvgIpc) is 2.72. The molecule has 0 radical (unpaired) electrons. The molecule has 1 aliphatic rings. The van der Waals surface area contributed by atoms with Crippen LogP contribution in [0.25, 0.3) is 28.0 Å². The lowest BCUT2D eigenvalue weighted by molar-refractivity contribution is -0.127. The topological polar surface area (TPSA) is 36.4 Å². The Morgan fingerprint density at radius 3 is 2.59 bits per heavy atom. The third-order valence-electron chi connectivity index (χ3n) is 5.14. The number of carbonyl (C=O) groups excluding carboxylic acids is 1. The molecule has 136 valence electrons. The molecule has 0 aliphatic carbocycles. The van der Waals surface area contributed by atoms with Gasteiger partial charge in [0.05, 0.1) is 0 Å². The van der Waals surface area contributed by atoms with E-state index in [-0.39, 0.29) is 5.91 Å². The Morgan fingerprint density at radius 2 is 1.78 bits per heavy atom. The van der Waals surface area contributed by atoms with E-state index in [0.717, 1.165) is 42.9 Å². The van der Waals surface area contributed by atoms with Crippen LogP contribution in [0.4, 0.5) is 0 Å². The maximum Gasteiger partial charge on any atom is 0.246 e. The summed E-state index contributed by atoms with van der Waals surface area (Å²) in [5, 5.41) is 2.41. The molecular formula is C23H23N3O. The van der Waals surface area contributed by atoms with Gasteiger partial charge in [-0.15, -0.1) is 0 Å².